The van der Waals surface area contributed by atoms with Crippen LogP contribution in [-0.4, -0.2) is 140 Å². The van der Waals surface area contributed by atoms with E-state index in [0.29, 0.717) is 12.8 Å². The lowest BCUT2D eigenvalue weighted by atomic mass is 9.81. The van der Waals surface area contributed by atoms with Crippen molar-refractivity contribution in [2.45, 2.75) is 153 Å². The van der Waals surface area contributed by atoms with Gasteiger partial charge in [0.1, 0.15) is 36.1 Å². The zero-order valence-corrected chi connectivity index (χ0v) is 30.3. The van der Waals surface area contributed by atoms with Gasteiger partial charge >= 0.3 is 5.97 Å². The molecule has 3 saturated heterocycles. The number of carbonyl (C=O) groups is 2. The van der Waals surface area contributed by atoms with E-state index in [4.69, 9.17) is 42.6 Å². The third kappa shape index (κ3) is 9.86. The molecule has 3 N–H and O–H groups in total. The van der Waals surface area contributed by atoms with Gasteiger partial charge in [0.25, 0.3) is 0 Å². The van der Waals surface area contributed by atoms with E-state index in [1.165, 1.54) is 34.3 Å². The molecule has 0 aliphatic carbocycles. The Balaban J connectivity index is 1.54. The van der Waals surface area contributed by atoms with Crippen molar-refractivity contribution in [2.24, 2.45) is 17.8 Å². The minimum atomic E-state index is -1.67. The number of fused-ring (bicyclic) bond motifs is 1. The van der Waals surface area contributed by atoms with Gasteiger partial charge in [-0.2, -0.15) is 0 Å². The molecule has 0 aromatic carbocycles. The Bertz CT molecular complexity index is 1120. The van der Waals surface area contributed by atoms with Gasteiger partial charge in [0.05, 0.1) is 43.2 Å². The van der Waals surface area contributed by atoms with Crippen molar-refractivity contribution in [1.29, 1.82) is 0 Å². The number of carbonyl (C=O) groups excluding carboxylic acids is 2. The summed E-state index contributed by atoms with van der Waals surface area (Å²) < 4.78 is 52.8. The summed E-state index contributed by atoms with van der Waals surface area (Å²) in [5.41, 5.74) is -1.67. The van der Waals surface area contributed by atoms with E-state index in [2.05, 4.69) is 0 Å². The predicted octanol–water partition coefficient (Wildman–Crippen LogP) is 1.68. The van der Waals surface area contributed by atoms with Crippen LogP contribution in [0.15, 0.2) is 12.2 Å². The minimum Gasteiger partial charge on any atom is -0.459 e. The fraction of sp³-hybridized carbons (Fsp3) is 0.886. The molecule has 0 spiro atoms. The number of rotatable bonds is 8. The first-order valence-electron chi connectivity index (χ1n) is 17.4. The number of Topliss-reactive ketones (excluding diaryl/α,β-unsaturated/α-hetero) is 1. The van der Waals surface area contributed by atoms with Crippen molar-refractivity contribution >= 4 is 11.8 Å². The molecule has 14 heteroatoms. The van der Waals surface area contributed by atoms with Crippen molar-refractivity contribution in [2.75, 3.05) is 27.9 Å². The number of ether oxygens (including phenoxy) is 9. The van der Waals surface area contributed by atoms with Crippen molar-refractivity contribution in [3.63, 3.8) is 0 Å². The second kappa shape index (κ2) is 17.3. The second-order valence-electron chi connectivity index (χ2n) is 14.4. The van der Waals surface area contributed by atoms with Crippen LogP contribution >= 0.6 is 0 Å². The van der Waals surface area contributed by atoms with Crippen LogP contribution in [0.3, 0.4) is 0 Å². The zero-order valence-electron chi connectivity index (χ0n) is 30.3. The van der Waals surface area contributed by atoms with Crippen molar-refractivity contribution < 1.29 is 67.5 Å². The van der Waals surface area contributed by atoms with Gasteiger partial charge in [-0.05, 0) is 46.5 Å². The summed E-state index contributed by atoms with van der Waals surface area (Å²) in [5.74, 6) is -2.15. The van der Waals surface area contributed by atoms with Crippen LogP contribution in [0.5, 0.6) is 0 Å². The summed E-state index contributed by atoms with van der Waals surface area (Å²) in [4.78, 5) is 26.6. The number of aliphatic hydroxyl groups is 3. The first-order chi connectivity index (χ1) is 23.1. The zero-order chi connectivity index (χ0) is 36.2. The summed E-state index contributed by atoms with van der Waals surface area (Å²) in [6.07, 6.45) is -4.62. The number of esters is 1. The average Bonchev–Trinajstić information content (AvgIpc) is 3.82. The maximum absolute atomic E-state index is 13.4. The Labute approximate surface area is 289 Å². The lowest BCUT2D eigenvalue weighted by Gasteiger charge is -2.42. The third-order valence-electron chi connectivity index (χ3n) is 10.5. The molecule has 14 nitrogen and oxygen atoms in total. The summed E-state index contributed by atoms with van der Waals surface area (Å²) in [5, 5.41) is 32.9. The van der Waals surface area contributed by atoms with E-state index in [1.807, 2.05) is 20.8 Å². The summed E-state index contributed by atoms with van der Waals surface area (Å²) in [7, 11) is 4.48. The van der Waals surface area contributed by atoms with Crippen LogP contribution < -0.4 is 0 Å². The molecule has 0 bridgehead atoms. The molecule has 4 rings (SSSR count). The van der Waals surface area contributed by atoms with Crippen molar-refractivity contribution in [3.8, 4) is 0 Å². The molecule has 4 aliphatic heterocycles. The Hall–Kier alpha value is -1.56. The van der Waals surface area contributed by atoms with Gasteiger partial charge in [0, 0.05) is 52.1 Å². The smallest absolute Gasteiger partial charge is 0.330 e. The highest BCUT2D eigenvalue weighted by Crippen LogP contribution is 2.38. The number of hydrogen-bond donors (Lipinski definition) is 3. The van der Waals surface area contributed by atoms with Gasteiger partial charge in [-0.15, -0.1) is 0 Å². The molecule has 0 saturated carbocycles. The van der Waals surface area contributed by atoms with Crippen LogP contribution in [-0.2, 0) is 52.2 Å². The molecule has 0 radical (unpaired) electrons. The molecule has 3 fully saturated rings. The maximum atomic E-state index is 13.4. The fourth-order valence-electron chi connectivity index (χ4n) is 7.44. The van der Waals surface area contributed by atoms with Crippen LogP contribution in [0, 0.1) is 17.8 Å². The van der Waals surface area contributed by atoms with Crippen LogP contribution in [0.2, 0.25) is 0 Å². The van der Waals surface area contributed by atoms with Gasteiger partial charge < -0.3 is 58.0 Å². The highest BCUT2D eigenvalue weighted by Gasteiger charge is 2.51. The fourth-order valence-corrected chi connectivity index (χ4v) is 7.44. The van der Waals surface area contributed by atoms with Crippen molar-refractivity contribution in [3.05, 3.63) is 12.2 Å². The number of ketones is 1. The van der Waals surface area contributed by atoms with Gasteiger partial charge in [-0.25, -0.2) is 4.79 Å². The van der Waals surface area contributed by atoms with Gasteiger partial charge in [-0.3, -0.25) is 4.79 Å². The quantitative estimate of drug-likeness (QED) is 0.246. The summed E-state index contributed by atoms with van der Waals surface area (Å²) in [6.45, 7) is 10.6. The normalized spacial score (nSPS) is 48.0. The Kier molecular flexibility index (Phi) is 14.2. The Morgan fingerprint density at radius 1 is 0.878 bits per heavy atom. The number of cyclic esters (lactones) is 1. The Morgan fingerprint density at radius 2 is 1.57 bits per heavy atom. The summed E-state index contributed by atoms with van der Waals surface area (Å²) in [6, 6.07) is 0. The monoisotopic (exact) mass is 702 g/mol. The first-order valence-corrected chi connectivity index (χ1v) is 17.4. The summed E-state index contributed by atoms with van der Waals surface area (Å²) >= 11 is 0. The number of epoxide rings is 1. The molecule has 49 heavy (non-hydrogen) atoms. The van der Waals surface area contributed by atoms with E-state index in [0.717, 1.165) is 0 Å². The molecular weight excluding hydrogens is 644 g/mol. The van der Waals surface area contributed by atoms with E-state index < -0.39 is 84.8 Å². The number of hydrogen-bond acceptors (Lipinski definition) is 14. The molecule has 4 heterocycles. The lowest BCUT2D eigenvalue weighted by molar-refractivity contribution is -0.305. The van der Waals surface area contributed by atoms with Gasteiger partial charge in [-0.1, -0.05) is 19.9 Å². The van der Waals surface area contributed by atoms with E-state index >= 15 is 0 Å². The van der Waals surface area contributed by atoms with Crippen LogP contribution in [0.25, 0.3) is 0 Å². The van der Waals surface area contributed by atoms with Crippen LogP contribution in [0.1, 0.15) is 67.2 Å². The highest BCUT2D eigenvalue weighted by atomic mass is 16.7. The topological polar surface area (TPSA) is 181 Å². The highest BCUT2D eigenvalue weighted by molar-refractivity contribution is 5.86. The lowest BCUT2D eigenvalue weighted by Crippen LogP contribution is -2.59. The molecule has 282 valence electrons. The molecule has 0 amide bonds. The van der Waals surface area contributed by atoms with Crippen LogP contribution in [0.4, 0.5) is 0 Å². The van der Waals surface area contributed by atoms with Gasteiger partial charge in [0.15, 0.2) is 18.4 Å². The Morgan fingerprint density at radius 3 is 2.22 bits per heavy atom. The molecule has 0 aromatic heterocycles. The average molecular weight is 703 g/mol. The standard InChI is InChI=1S/C35H58O14/c1-17-10-13-26(37)46-20(4)22(16-44-34-32(43-9)31(42-8)27(38)21(5)47-34)30-23(48-30)11-12-25(36)35(6,40)15-18(2)29(17)49-33-28(39)24(41-7)14-19(3)45-33/h10,13,17-24,27-34,38-40H,11-12,14-16H2,1-9H3/b13-10-/t17-,18-,19+,20+,21-,22+,23-,24-,27-,28-,29+,30-,31-,32-,33-,34-,35-/m0/s1. The largest absolute Gasteiger partial charge is 0.459 e. The predicted molar refractivity (Wildman–Crippen MR) is 173 cm³/mol. The van der Waals surface area contributed by atoms with Crippen molar-refractivity contribution in [1.82, 2.24) is 0 Å². The van der Waals surface area contributed by atoms with E-state index in [9.17, 15) is 24.9 Å². The molecule has 4 aliphatic rings. The number of methoxy groups -OCH3 is 3. The SMILES string of the molecule is CO[C@@H]1[C@@H](OC[C@H]2[C@@H]3O[C@H]3CCC(=O)[C@@](C)(O)C[C@H](C)[C@H](O[C@@H]3O[C@H](C)C[C@H](OC)[C@@H]3O)[C@@H](C)/C=C\C(=O)O[C@@H]2C)O[C@@H](C)[C@H](O)[C@@H]1OC. The molecule has 0 unspecified atom stereocenters. The minimum absolute atomic E-state index is 0.0587. The first kappa shape index (κ1) is 40.2. The molecular formula is C35H58O14. The molecule has 17 atom stereocenters. The second-order valence-corrected chi connectivity index (χ2v) is 14.4. The van der Waals surface area contributed by atoms with E-state index in [1.54, 1.807) is 19.9 Å². The van der Waals surface area contributed by atoms with E-state index in [-0.39, 0.29) is 49.5 Å². The third-order valence-corrected chi connectivity index (χ3v) is 10.5. The number of aliphatic hydroxyl groups excluding tert-OH is 2. The maximum Gasteiger partial charge on any atom is 0.330 e. The van der Waals surface area contributed by atoms with Gasteiger partial charge in [0.2, 0.25) is 0 Å². The molecule has 0 aromatic rings.